The molecular formula is C28H52O8Si2. The molecule has 4 atom stereocenters. The number of hydrogen-bond donors (Lipinski definition) is 0. The van der Waals surface area contributed by atoms with Gasteiger partial charge >= 0.3 is 11.9 Å². The number of ether oxygens (including phenoxy) is 6. The van der Waals surface area contributed by atoms with E-state index in [1.165, 1.54) is 12.2 Å². The van der Waals surface area contributed by atoms with Gasteiger partial charge in [-0.05, 0) is 45.9 Å². The molecule has 0 bridgehead atoms. The minimum Gasteiger partial charge on any atom is -0.463 e. The normalized spacial score (nSPS) is 21.6. The summed E-state index contributed by atoms with van der Waals surface area (Å²) in [4.78, 5) is 24.2. The smallest absolute Gasteiger partial charge is 0.330 e. The second-order valence-corrected chi connectivity index (χ2v) is 24.2. The molecule has 0 radical (unpaired) electrons. The number of esters is 2. The van der Waals surface area contributed by atoms with Crippen LogP contribution < -0.4 is 0 Å². The molecule has 4 unspecified atom stereocenters. The second-order valence-electron chi connectivity index (χ2n) is 12.9. The Labute approximate surface area is 232 Å². The maximum Gasteiger partial charge on any atom is 0.330 e. The molecule has 0 aromatic rings. The Morgan fingerprint density at radius 3 is 2.16 bits per heavy atom. The fourth-order valence-corrected chi connectivity index (χ4v) is 5.00. The molecule has 38 heavy (non-hydrogen) atoms. The van der Waals surface area contributed by atoms with Gasteiger partial charge in [0.25, 0.3) is 0 Å². The van der Waals surface area contributed by atoms with Gasteiger partial charge in [0, 0.05) is 47.7 Å². The zero-order chi connectivity index (χ0) is 29.0. The minimum atomic E-state index is -1.24. The first-order valence-electron chi connectivity index (χ1n) is 13.7. The molecule has 0 aromatic heterocycles. The van der Waals surface area contributed by atoms with Crippen molar-refractivity contribution in [2.45, 2.75) is 122 Å². The van der Waals surface area contributed by atoms with Crippen LogP contribution in [0.1, 0.15) is 40.5 Å². The van der Waals surface area contributed by atoms with Gasteiger partial charge in [0.2, 0.25) is 0 Å². The van der Waals surface area contributed by atoms with Gasteiger partial charge in [-0.1, -0.05) is 45.4 Å². The fraction of sp³-hybridized carbons (Fsp3) is 0.786. The third kappa shape index (κ3) is 17.3. The molecule has 0 saturated carbocycles. The Bertz CT molecular complexity index is 783. The summed E-state index contributed by atoms with van der Waals surface area (Å²) in [6, 6.07) is 2.03. The first-order chi connectivity index (χ1) is 17.5. The molecule has 220 valence electrons. The Kier molecular flexibility index (Phi) is 14.7. The van der Waals surface area contributed by atoms with Crippen LogP contribution in [0.4, 0.5) is 0 Å². The average molecular weight is 573 g/mol. The Balaban J connectivity index is 2.44. The van der Waals surface area contributed by atoms with Crippen molar-refractivity contribution in [2.75, 3.05) is 20.0 Å². The highest BCUT2D eigenvalue weighted by Crippen LogP contribution is 2.31. The molecule has 0 aromatic carbocycles. The number of carbonyl (C=O) groups is 2. The lowest BCUT2D eigenvalue weighted by Crippen LogP contribution is -2.28. The highest BCUT2D eigenvalue weighted by atomic mass is 28.3. The molecule has 8 nitrogen and oxygen atoms in total. The zero-order valence-corrected chi connectivity index (χ0v) is 27.3. The third-order valence-electron chi connectivity index (χ3n) is 5.78. The highest BCUT2D eigenvalue weighted by molar-refractivity contribution is 6.76. The van der Waals surface area contributed by atoms with Gasteiger partial charge in [-0.3, -0.25) is 0 Å². The van der Waals surface area contributed by atoms with Crippen molar-refractivity contribution in [3.63, 3.8) is 0 Å². The van der Waals surface area contributed by atoms with E-state index in [4.69, 9.17) is 28.4 Å². The molecule has 1 fully saturated rings. The molecule has 0 N–H and O–H groups in total. The summed E-state index contributed by atoms with van der Waals surface area (Å²) in [6.45, 7) is 22.5. The SMILES string of the molecule is CC(CC1OC(C)(C)OC1/C=C/C(=O)OC(C)C/C=C/C(=O)OCC[Si](C)(C)C)OCOCC[Si](C)(C)C. The van der Waals surface area contributed by atoms with E-state index in [9.17, 15) is 9.59 Å². The monoisotopic (exact) mass is 572 g/mol. The lowest BCUT2D eigenvalue weighted by Gasteiger charge is -2.21. The Morgan fingerprint density at radius 1 is 0.895 bits per heavy atom. The van der Waals surface area contributed by atoms with E-state index in [1.54, 1.807) is 19.1 Å². The topological polar surface area (TPSA) is 89.5 Å². The average Bonchev–Trinajstić information content (AvgIpc) is 3.03. The van der Waals surface area contributed by atoms with Crippen molar-refractivity contribution < 1.29 is 38.0 Å². The summed E-state index contributed by atoms with van der Waals surface area (Å²) >= 11 is 0. The first kappa shape index (κ1) is 34.7. The summed E-state index contributed by atoms with van der Waals surface area (Å²) in [5.41, 5.74) is 0. The molecule has 0 spiro atoms. The summed E-state index contributed by atoms with van der Waals surface area (Å²) in [7, 11) is -2.36. The van der Waals surface area contributed by atoms with E-state index in [0.29, 0.717) is 26.1 Å². The van der Waals surface area contributed by atoms with Crippen molar-refractivity contribution in [1.82, 2.24) is 0 Å². The van der Waals surface area contributed by atoms with Crippen LogP contribution in [-0.2, 0) is 38.0 Å². The van der Waals surface area contributed by atoms with Crippen LogP contribution >= 0.6 is 0 Å². The predicted molar refractivity (Wildman–Crippen MR) is 156 cm³/mol. The molecule has 0 aliphatic carbocycles. The number of rotatable bonds is 17. The highest BCUT2D eigenvalue weighted by Gasteiger charge is 2.40. The van der Waals surface area contributed by atoms with Crippen molar-refractivity contribution >= 4 is 28.1 Å². The molecule has 0 amide bonds. The molecule has 1 aliphatic heterocycles. The quantitative estimate of drug-likeness (QED) is 0.0697. The summed E-state index contributed by atoms with van der Waals surface area (Å²) in [6.07, 6.45) is 5.96. The number of hydrogen-bond acceptors (Lipinski definition) is 8. The minimum absolute atomic E-state index is 0.0960. The van der Waals surface area contributed by atoms with Crippen molar-refractivity contribution in [1.29, 1.82) is 0 Å². The van der Waals surface area contributed by atoms with Crippen molar-refractivity contribution in [2.24, 2.45) is 0 Å². The lowest BCUT2D eigenvalue weighted by molar-refractivity contribution is -0.149. The van der Waals surface area contributed by atoms with Crippen LogP contribution in [0, 0.1) is 0 Å². The largest absolute Gasteiger partial charge is 0.463 e. The maximum atomic E-state index is 12.4. The molecule has 10 heteroatoms. The van der Waals surface area contributed by atoms with E-state index in [2.05, 4.69) is 39.3 Å². The molecular weight excluding hydrogens is 520 g/mol. The van der Waals surface area contributed by atoms with Gasteiger partial charge in [0.15, 0.2) is 5.79 Å². The van der Waals surface area contributed by atoms with Gasteiger partial charge in [-0.2, -0.15) is 0 Å². The van der Waals surface area contributed by atoms with Gasteiger partial charge in [-0.25, -0.2) is 9.59 Å². The van der Waals surface area contributed by atoms with Gasteiger partial charge in [-0.15, -0.1) is 0 Å². The molecule has 1 aliphatic rings. The van der Waals surface area contributed by atoms with Crippen LogP contribution in [0.15, 0.2) is 24.3 Å². The Hall–Kier alpha value is -1.31. The van der Waals surface area contributed by atoms with Crippen LogP contribution in [-0.4, -0.2) is 78.3 Å². The van der Waals surface area contributed by atoms with E-state index in [1.807, 2.05) is 20.8 Å². The summed E-state index contributed by atoms with van der Waals surface area (Å²) in [5, 5.41) is 0. The zero-order valence-electron chi connectivity index (χ0n) is 25.3. The Morgan fingerprint density at radius 2 is 1.53 bits per heavy atom. The van der Waals surface area contributed by atoms with Crippen LogP contribution in [0.3, 0.4) is 0 Å². The predicted octanol–water partition coefficient (Wildman–Crippen LogP) is 5.93. The van der Waals surface area contributed by atoms with Crippen molar-refractivity contribution in [3.05, 3.63) is 24.3 Å². The number of carbonyl (C=O) groups excluding carboxylic acids is 2. The third-order valence-corrected chi connectivity index (χ3v) is 9.18. The second kappa shape index (κ2) is 16.1. The van der Waals surface area contributed by atoms with Crippen LogP contribution in [0.5, 0.6) is 0 Å². The molecule has 1 heterocycles. The van der Waals surface area contributed by atoms with E-state index < -0.39 is 34.0 Å². The van der Waals surface area contributed by atoms with E-state index in [-0.39, 0.29) is 31.1 Å². The summed E-state index contributed by atoms with van der Waals surface area (Å²) in [5.74, 6) is -1.61. The van der Waals surface area contributed by atoms with Crippen molar-refractivity contribution in [3.8, 4) is 0 Å². The maximum absolute atomic E-state index is 12.4. The van der Waals surface area contributed by atoms with Gasteiger partial charge in [0.05, 0.1) is 18.8 Å². The first-order valence-corrected chi connectivity index (χ1v) is 21.1. The standard InChI is InChI=1S/C28H52O8Si2/c1-22(12-11-13-26(29)32-17-19-38(8,9)10)34-27(30)15-14-24-25(36-28(3,4)35-24)20-23(2)33-21-31-16-18-37(5,6)7/h11,13-15,22-25H,12,16-21H2,1-10H3/b13-11+,15-14+. The van der Waals surface area contributed by atoms with Gasteiger partial charge < -0.3 is 28.4 Å². The van der Waals surface area contributed by atoms with E-state index in [0.717, 1.165) is 12.1 Å². The summed E-state index contributed by atoms with van der Waals surface area (Å²) < 4.78 is 34.1. The fourth-order valence-electron chi connectivity index (χ4n) is 3.53. The van der Waals surface area contributed by atoms with Gasteiger partial charge in [0.1, 0.15) is 19.0 Å². The van der Waals surface area contributed by atoms with Crippen LogP contribution in [0.2, 0.25) is 51.4 Å². The molecule has 1 rings (SSSR count). The van der Waals surface area contributed by atoms with Crippen LogP contribution in [0.25, 0.3) is 0 Å². The van der Waals surface area contributed by atoms with E-state index >= 15 is 0 Å². The lowest BCUT2D eigenvalue weighted by atomic mass is 10.1. The molecule has 1 saturated heterocycles.